The molecule has 10 nitrogen and oxygen atoms in total. The maximum atomic E-state index is 13.7. The molecule has 218 valence electrons. The van der Waals surface area contributed by atoms with Gasteiger partial charge in [-0.1, -0.05) is 12.8 Å². The van der Waals surface area contributed by atoms with Crippen LogP contribution in [0.5, 0.6) is 0 Å². The Morgan fingerprint density at radius 3 is 2.51 bits per heavy atom. The third kappa shape index (κ3) is 8.25. The van der Waals surface area contributed by atoms with Crippen molar-refractivity contribution in [3.8, 4) is 0 Å². The average molecular weight is 565 g/mol. The van der Waals surface area contributed by atoms with Crippen LogP contribution in [0.4, 0.5) is 4.79 Å². The SMILES string of the molecule is CC(C)(C)OC(=O)N[C@H]1CCCCCC=C=C[C@@H]2C[C@@]2(C(=O)N[S@+]([O-])C(C)(C)C)NC(=O)[C@@H]2CCCN2C1=O. The van der Waals surface area contributed by atoms with Crippen LogP contribution in [0.25, 0.3) is 0 Å². The summed E-state index contributed by atoms with van der Waals surface area (Å²) in [4.78, 5) is 54.6. The molecule has 0 aromatic carbocycles. The molecule has 3 aliphatic rings. The van der Waals surface area contributed by atoms with Gasteiger partial charge in [0.25, 0.3) is 5.91 Å². The molecule has 0 aromatic heterocycles. The van der Waals surface area contributed by atoms with Crippen molar-refractivity contribution in [2.45, 2.75) is 121 Å². The Labute approximate surface area is 235 Å². The van der Waals surface area contributed by atoms with E-state index in [0.717, 1.165) is 25.7 Å². The van der Waals surface area contributed by atoms with E-state index in [1.807, 2.05) is 6.08 Å². The first-order valence-electron chi connectivity index (χ1n) is 13.9. The van der Waals surface area contributed by atoms with E-state index in [0.29, 0.717) is 32.2 Å². The molecular formula is C28H44N4O6S. The fraction of sp³-hybridized carbons (Fsp3) is 0.750. The van der Waals surface area contributed by atoms with Crippen LogP contribution >= 0.6 is 0 Å². The number of nitrogens with zero attached hydrogens (tertiary/aromatic N) is 1. The van der Waals surface area contributed by atoms with Crippen molar-refractivity contribution in [1.82, 2.24) is 20.3 Å². The normalized spacial score (nSPS) is 29.1. The molecule has 39 heavy (non-hydrogen) atoms. The smallest absolute Gasteiger partial charge is 0.408 e. The van der Waals surface area contributed by atoms with Crippen LogP contribution in [-0.2, 0) is 30.5 Å². The standard InChI is InChI=1S/C28H44N4O6S/c1-26(2,3)38-25(36)29-20-15-12-10-8-7-9-11-14-19-18-28(19,24(35)31-39(37)27(4,5)6)30-22(33)21-16-13-17-32(21)23(20)34/h9,14,19-21H,7-8,10,12-13,15-18H2,1-6H3,(H,29,36)(H,30,33)(H,31,35)/t11?,19-,20+,21+,28-,39-/m1/s1. The number of carbonyl (C=O) groups is 4. The molecule has 11 heteroatoms. The Kier molecular flexibility index (Phi) is 9.83. The summed E-state index contributed by atoms with van der Waals surface area (Å²) in [5, 5.41) is 5.63. The zero-order chi connectivity index (χ0) is 29.0. The number of hydrogen-bond acceptors (Lipinski definition) is 6. The van der Waals surface area contributed by atoms with Gasteiger partial charge in [0.05, 0.1) is 11.4 Å². The van der Waals surface area contributed by atoms with Gasteiger partial charge >= 0.3 is 6.09 Å². The van der Waals surface area contributed by atoms with Gasteiger partial charge in [-0.15, -0.1) is 5.73 Å². The zero-order valence-electron chi connectivity index (χ0n) is 24.1. The number of amides is 4. The number of nitrogens with one attached hydrogen (secondary N) is 3. The van der Waals surface area contributed by atoms with Gasteiger partial charge in [0.15, 0.2) is 0 Å². The molecule has 3 rings (SSSR count). The lowest BCUT2D eigenvalue weighted by atomic mass is 10.0. The number of ether oxygens (including phenoxy) is 1. The minimum Gasteiger partial charge on any atom is -0.593 e. The second-order valence-corrected chi connectivity index (χ2v) is 14.6. The molecule has 5 atom stereocenters. The second-order valence-electron chi connectivity index (χ2n) is 12.6. The van der Waals surface area contributed by atoms with Gasteiger partial charge in [-0.2, -0.15) is 4.72 Å². The van der Waals surface area contributed by atoms with Crippen LogP contribution in [0.2, 0.25) is 0 Å². The Hall–Kier alpha value is -2.49. The molecule has 0 radical (unpaired) electrons. The fourth-order valence-electron chi connectivity index (χ4n) is 4.83. The third-order valence-corrected chi connectivity index (χ3v) is 8.58. The van der Waals surface area contributed by atoms with Gasteiger partial charge in [-0.25, -0.2) is 4.79 Å². The Balaban J connectivity index is 1.85. The quantitative estimate of drug-likeness (QED) is 0.356. The number of fused-ring (bicyclic) bond motifs is 2. The Morgan fingerprint density at radius 1 is 1.13 bits per heavy atom. The van der Waals surface area contributed by atoms with Crippen molar-refractivity contribution in [3.05, 3.63) is 17.9 Å². The molecule has 2 fully saturated rings. The van der Waals surface area contributed by atoms with Crippen LogP contribution in [0.1, 0.15) is 92.9 Å². The lowest BCUT2D eigenvalue weighted by Gasteiger charge is -2.31. The van der Waals surface area contributed by atoms with Crippen molar-refractivity contribution < 1.29 is 28.5 Å². The highest BCUT2D eigenvalue weighted by molar-refractivity contribution is 7.91. The molecular weight excluding hydrogens is 520 g/mol. The lowest BCUT2D eigenvalue weighted by molar-refractivity contribution is -0.141. The monoisotopic (exact) mass is 564 g/mol. The predicted octanol–water partition coefficient (Wildman–Crippen LogP) is 3.00. The Bertz CT molecular complexity index is 1010. The molecule has 0 bridgehead atoms. The molecule has 0 spiro atoms. The number of rotatable bonds is 3. The maximum absolute atomic E-state index is 13.7. The number of alkyl carbamates (subject to hydrolysis) is 1. The molecule has 2 aliphatic heterocycles. The Morgan fingerprint density at radius 2 is 1.85 bits per heavy atom. The molecule has 1 saturated carbocycles. The molecule has 2 heterocycles. The average Bonchev–Trinajstić information content (AvgIpc) is 3.27. The molecule has 1 saturated heterocycles. The van der Waals surface area contributed by atoms with Crippen molar-refractivity contribution in [2.75, 3.05) is 6.54 Å². The highest BCUT2D eigenvalue weighted by atomic mass is 32.2. The van der Waals surface area contributed by atoms with Gasteiger partial charge in [-0.3, -0.25) is 14.4 Å². The first kappa shape index (κ1) is 31.0. The summed E-state index contributed by atoms with van der Waals surface area (Å²) in [6.45, 7) is 10.9. The molecule has 0 aromatic rings. The zero-order valence-corrected chi connectivity index (χ0v) is 24.9. The van der Waals surface area contributed by atoms with Gasteiger partial charge in [0, 0.05) is 12.5 Å². The van der Waals surface area contributed by atoms with E-state index in [1.54, 1.807) is 47.6 Å². The molecule has 4 amide bonds. The van der Waals surface area contributed by atoms with E-state index in [-0.39, 0.29) is 11.8 Å². The first-order chi connectivity index (χ1) is 18.1. The third-order valence-electron chi connectivity index (χ3n) is 7.09. The van der Waals surface area contributed by atoms with Crippen LogP contribution in [0.15, 0.2) is 17.9 Å². The van der Waals surface area contributed by atoms with Crippen molar-refractivity contribution in [2.24, 2.45) is 5.92 Å². The molecule has 0 unspecified atom stereocenters. The van der Waals surface area contributed by atoms with Crippen molar-refractivity contribution in [1.29, 1.82) is 0 Å². The summed E-state index contributed by atoms with van der Waals surface area (Å²) in [7, 11) is 0. The summed E-state index contributed by atoms with van der Waals surface area (Å²) >= 11 is -1.65. The topological polar surface area (TPSA) is 140 Å². The van der Waals surface area contributed by atoms with E-state index < -0.39 is 57.2 Å². The predicted molar refractivity (Wildman–Crippen MR) is 149 cm³/mol. The van der Waals surface area contributed by atoms with Gasteiger partial charge in [0.1, 0.15) is 28.0 Å². The van der Waals surface area contributed by atoms with Crippen molar-refractivity contribution >= 4 is 35.2 Å². The minimum absolute atomic E-state index is 0.297. The van der Waals surface area contributed by atoms with Crippen LogP contribution in [0.3, 0.4) is 0 Å². The largest absolute Gasteiger partial charge is 0.593 e. The number of hydrogen-bond donors (Lipinski definition) is 3. The van der Waals surface area contributed by atoms with Gasteiger partial charge in [0.2, 0.25) is 11.8 Å². The van der Waals surface area contributed by atoms with Gasteiger partial charge in [-0.05, 0) is 92.2 Å². The molecule has 1 aliphatic carbocycles. The van der Waals surface area contributed by atoms with Crippen LogP contribution in [-0.4, -0.2) is 67.8 Å². The number of carbonyl (C=O) groups excluding carboxylic acids is 4. The van der Waals surface area contributed by atoms with E-state index in [2.05, 4.69) is 21.1 Å². The lowest BCUT2D eigenvalue weighted by Crippen LogP contribution is -2.59. The van der Waals surface area contributed by atoms with Crippen LogP contribution < -0.4 is 15.4 Å². The summed E-state index contributed by atoms with van der Waals surface area (Å²) in [6.07, 6.45) is 8.13. The highest BCUT2D eigenvalue weighted by Crippen LogP contribution is 2.45. The van der Waals surface area contributed by atoms with E-state index in [9.17, 15) is 23.7 Å². The summed E-state index contributed by atoms with van der Waals surface area (Å²) in [5.74, 6) is -1.56. The maximum Gasteiger partial charge on any atom is 0.408 e. The second kappa shape index (κ2) is 12.4. The van der Waals surface area contributed by atoms with Crippen LogP contribution in [0, 0.1) is 5.92 Å². The summed E-state index contributed by atoms with van der Waals surface area (Å²) < 4.78 is 20.0. The fourth-order valence-corrected chi connectivity index (χ4v) is 5.49. The van der Waals surface area contributed by atoms with E-state index in [1.165, 1.54) is 4.90 Å². The summed E-state index contributed by atoms with van der Waals surface area (Å²) in [6, 6.07) is -1.59. The highest BCUT2D eigenvalue weighted by Gasteiger charge is 2.62. The van der Waals surface area contributed by atoms with E-state index in [4.69, 9.17) is 4.74 Å². The first-order valence-corrected chi connectivity index (χ1v) is 15.0. The summed E-state index contributed by atoms with van der Waals surface area (Å²) in [5.41, 5.74) is 1.19. The minimum atomic E-state index is -1.65. The van der Waals surface area contributed by atoms with Crippen molar-refractivity contribution in [3.63, 3.8) is 0 Å². The molecule has 3 N–H and O–H groups in total. The van der Waals surface area contributed by atoms with E-state index >= 15 is 0 Å². The van der Waals surface area contributed by atoms with Gasteiger partial charge < -0.3 is 24.8 Å².